The Morgan fingerprint density at radius 2 is 1.17 bits per heavy atom. The quantitative estimate of drug-likeness (QED) is 0.375. The number of thiophene rings is 2. The third-order valence-electron chi connectivity index (χ3n) is 3.79. The molecule has 0 fully saturated rings. The monoisotopic (exact) mass is 577 g/mol. The molecule has 0 bridgehead atoms. The molecular formula is C17H23NS3Sn2. The normalized spacial score (nSPS) is 9.74. The summed E-state index contributed by atoms with van der Waals surface area (Å²) in [5, 5.41) is 1.93. The first-order valence-corrected chi connectivity index (χ1v) is 13.1. The van der Waals surface area contributed by atoms with E-state index in [1.54, 1.807) is 28.8 Å². The molecule has 0 saturated heterocycles. The topological polar surface area (TPSA) is 12.9 Å². The molecule has 0 saturated carbocycles. The molecular weight excluding hydrogens is 552 g/mol. The van der Waals surface area contributed by atoms with Gasteiger partial charge in [0.05, 0.1) is 5.51 Å². The minimum atomic E-state index is 1.28. The van der Waals surface area contributed by atoms with Crippen molar-refractivity contribution in [2.75, 3.05) is 0 Å². The molecule has 0 aliphatic rings. The molecule has 0 unspecified atom stereocenters. The molecule has 6 heteroatoms. The average molecular weight is 575 g/mol. The van der Waals surface area contributed by atoms with Gasteiger partial charge in [0.1, 0.15) is 0 Å². The number of nitrogens with zero attached hydrogens (tertiary/aromatic N) is 1. The van der Waals surface area contributed by atoms with Crippen LogP contribution in [0.2, 0.25) is 0 Å². The van der Waals surface area contributed by atoms with E-state index in [0.29, 0.717) is 0 Å². The van der Waals surface area contributed by atoms with Gasteiger partial charge in [0, 0.05) is 11.6 Å². The summed E-state index contributed by atoms with van der Waals surface area (Å²) in [7, 11) is 0. The van der Waals surface area contributed by atoms with Gasteiger partial charge in [0.15, 0.2) is 0 Å². The van der Waals surface area contributed by atoms with E-state index in [2.05, 4.69) is 46.5 Å². The van der Waals surface area contributed by atoms with E-state index >= 15 is 0 Å². The molecule has 122 valence electrons. The van der Waals surface area contributed by atoms with E-state index < -0.39 is 0 Å². The van der Waals surface area contributed by atoms with E-state index in [0.717, 1.165) is 0 Å². The number of rotatable bonds is 0. The van der Waals surface area contributed by atoms with Crippen LogP contribution in [0.15, 0.2) is 17.1 Å². The van der Waals surface area contributed by atoms with Crippen LogP contribution in [-0.2, 0) is 0 Å². The van der Waals surface area contributed by atoms with Crippen LogP contribution in [0.25, 0.3) is 0 Å². The Bertz CT molecular complexity index is 615. The minimum Gasteiger partial charge on any atom is -0.253 e. The standard InChI is InChI=1S/2C7H9S.C3H3NS.2Sn.2H/c2*1-5-4-8-7(3)6(5)2;1-2-5-3-4-1;;;;/h2*1-3H3;1-3H;;;;. The van der Waals surface area contributed by atoms with Gasteiger partial charge in [-0.25, -0.2) is 0 Å². The summed E-state index contributed by atoms with van der Waals surface area (Å²) in [6.07, 6.45) is 1.77. The van der Waals surface area contributed by atoms with Crippen LogP contribution in [0.1, 0.15) is 32.0 Å². The summed E-state index contributed by atoms with van der Waals surface area (Å²) in [5.74, 6) is 0. The predicted octanol–water partition coefficient (Wildman–Crippen LogP) is 3.54. The molecule has 0 amide bonds. The number of hydrogen-bond acceptors (Lipinski definition) is 4. The summed E-state index contributed by atoms with van der Waals surface area (Å²) in [6, 6.07) is 0. The SMILES string of the molecule is Cc1s[c]([SnH])c(C)c1C.Cc1s[c]([SnH])c(C)c1C.c1cscn1. The maximum absolute atomic E-state index is 3.74. The van der Waals surface area contributed by atoms with E-state index in [-0.39, 0.29) is 0 Å². The van der Waals surface area contributed by atoms with E-state index in [4.69, 9.17) is 0 Å². The largest absolute Gasteiger partial charge is 0.253 e. The molecule has 3 rings (SSSR count). The Hall–Kier alpha value is 0.627. The van der Waals surface area contributed by atoms with Crippen molar-refractivity contribution in [3.63, 3.8) is 0 Å². The van der Waals surface area contributed by atoms with Crippen molar-refractivity contribution in [2.24, 2.45) is 0 Å². The van der Waals surface area contributed by atoms with E-state index in [9.17, 15) is 0 Å². The fraction of sp³-hybridized carbons (Fsp3) is 0.353. The Balaban J connectivity index is 0.000000180. The molecule has 0 N–H and O–H groups in total. The van der Waals surface area contributed by atoms with E-state index in [1.165, 1.54) is 77.1 Å². The van der Waals surface area contributed by atoms with Crippen molar-refractivity contribution in [1.82, 2.24) is 4.98 Å². The molecule has 3 aromatic rings. The molecule has 4 radical (unpaired) electrons. The maximum Gasteiger partial charge on any atom is 0.0791 e. The molecule has 0 aliphatic carbocycles. The van der Waals surface area contributed by atoms with Crippen molar-refractivity contribution in [1.29, 1.82) is 0 Å². The summed E-state index contributed by atoms with van der Waals surface area (Å²) >= 11 is 8.06. The molecule has 0 aliphatic heterocycles. The second-order valence-electron chi connectivity index (χ2n) is 5.22. The van der Waals surface area contributed by atoms with Crippen LogP contribution < -0.4 is 5.79 Å². The van der Waals surface area contributed by atoms with Crippen molar-refractivity contribution >= 4 is 84.8 Å². The van der Waals surface area contributed by atoms with Crippen LogP contribution in [0.5, 0.6) is 0 Å². The minimum absolute atomic E-state index is 1.28. The second kappa shape index (κ2) is 10.6. The first-order valence-electron chi connectivity index (χ1n) is 7.21. The first kappa shape index (κ1) is 21.7. The number of aromatic nitrogens is 1. The summed E-state index contributed by atoms with van der Waals surface area (Å²) in [6.45, 7) is 13.3. The molecule has 1 nitrogen and oxygen atoms in total. The summed E-state index contributed by atoms with van der Waals surface area (Å²) < 4.78 is 3.19. The molecule has 0 aromatic carbocycles. The number of aryl methyl sites for hydroxylation is 2. The first-order chi connectivity index (χ1) is 10.8. The Labute approximate surface area is 178 Å². The molecule has 23 heavy (non-hydrogen) atoms. The van der Waals surface area contributed by atoms with Crippen molar-refractivity contribution in [3.8, 4) is 0 Å². The zero-order valence-corrected chi connectivity index (χ0v) is 23.6. The van der Waals surface area contributed by atoms with Gasteiger partial charge in [0.2, 0.25) is 0 Å². The van der Waals surface area contributed by atoms with Crippen LogP contribution in [0, 0.1) is 41.5 Å². The van der Waals surface area contributed by atoms with Crippen LogP contribution >= 0.6 is 34.0 Å². The number of hydrogen-bond donors (Lipinski definition) is 0. The summed E-state index contributed by atoms with van der Waals surface area (Å²) in [4.78, 5) is 6.73. The molecule has 3 heterocycles. The van der Waals surface area contributed by atoms with E-state index in [1.807, 2.05) is 28.1 Å². The Morgan fingerprint density at radius 1 is 0.739 bits per heavy atom. The van der Waals surface area contributed by atoms with Crippen molar-refractivity contribution in [2.45, 2.75) is 41.5 Å². The number of thiazole rings is 1. The molecule has 0 atom stereocenters. The predicted molar refractivity (Wildman–Crippen MR) is 113 cm³/mol. The van der Waals surface area contributed by atoms with Gasteiger partial charge < -0.3 is 0 Å². The maximum atomic E-state index is 3.74. The smallest absolute Gasteiger partial charge is 0.0791 e. The third-order valence-corrected chi connectivity index (χ3v) is 11.1. The fourth-order valence-electron chi connectivity index (χ4n) is 1.71. The van der Waals surface area contributed by atoms with Crippen molar-refractivity contribution < 1.29 is 0 Å². The Morgan fingerprint density at radius 3 is 1.26 bits per heavy atom. The average Bonchev–Trinajstić information content (AvgIpc) is 3.21. The zero-order valence-electron chi connectivity index (χ0n) is 14.6. The zero-order chi connectivity index (χ0) is 17.6. The molecule has 0 spiro atoms. The third kappa shape index (κ3) is 6.80. The molecule has 3 aromatic heterocycles. The van der Waals surface area contributed by atoms with Gasteiger partial charge in [-0.05, 0) is 0 Å². The Kier molecular flexibility index (Phi) is 9.97. The van der Waals surface area contributed by atoms with Gasteiger partial charge in [-0.3, -0.25) is 4.98 Å². The van der Waals surface area contributed by atoms with Gasteiger partial charge in [-0.1, -0.05) is 0 Å². The van der Waals surface area contributed by atoms with Crippen molar-refractivity contribution in [3.05, 3.63) is 49.1 Å². The van der Waals surface area contributed by atoms with Crippen LogP contribution in [0.3, 0.4) is 0 Å². The second-order valence-corrected chi connectivity index (χ2v) is 14.2. The van der Waals surface area contributed by atoms with Gasteiger partial charge in [-0.15, -0.1) is 11.3 Å². The fourth-order valence-corrected chi connectivity index (χ4v) is 8.21. The van der Waals surface area contributed by atoms with Gasteiger partial charge in [-0.2, -0.15) is 0 Å². The van der Waals surface area contributed by atoms with Crippen LogP contribution in [-0.4, -0.2) is 50.0 Å². The van der Waals surface area contributed by atoms with Gasteiger partial charge in [0.25, 0.3) is 0 Å². The van der Waals surface area contributed by atoms with Crippen LogP contribution in [0.4, 0.5) is 0 Å². The summed E-state index contributed by atoms with van der Waals surface area (Å²) in [5.41, 5.74) is 7.85. The van der Waals surface area contributed by atoms with Gasteiger partial charge >= 0.3 is 147 Å².